The third-order valence-corrected chi connectivity index (χ3v) is 4.83. The molecule has 0 fully saturated rings. The molecule has 0 radical (unpaired) electrons. The Labute approximate surface area is 167 Å². The number of ether oxygens (including phenoxy) is 1. The number of rotatable bonds is 6. The molecule has 0 bridgehead atoms. The van der Waals surface area contributed by atoms with E-state index in [2.05, 4.69) is 36.5 Å². The van der Waals surface area contributed by atoms with Gasteiger partial charge in [0.25, 0.3) is 5.91 Å². The van der Waals surface area contributed by atoms with Crippen LogP contribution in [-0.2, 0) is 4.79 Å². The Kier molecular flexibility index (Phi) is 6.15. The van der Waals surface area contributed by atoms with Gasteiger partial charge >= 0.3 is 0 Å². The highest BCUT2D eigenvalue weighted by Crippen LogP contribution is 2.25. The molecule has 1 amide bonds. The number of carbonyl (C=O) groups is 1. The molecule has 3 rings (SSSR count). The third-order valence-electron chi connectivity index (χ3n) is 4.83. The highest BCUT2D eigenvalue weighted by molar-refractivity contribution is 5.95. The number of hydrogen-bond donors (Lipinski definition) is 1. The van der Waals surface area contributed by atoms with Gasteiger partial charge in [0.1, 0.15) is 5.75 Å². The number of aryl methyl sites for hydroxylation is 3. The van der Waals surface area contributed by atoms with Gasteiger partial charge in [0.15, 0.2) is 6.10 Å². The second kappa shape index (κ2) is 8.75. The van der Waals surface area contributed by atoms with E-state index in [1.54, 1.807) is 0 Å². The number of anilines is 1. The molecule has 3 aromatic rings. The summed E-state index contributed by atoms with van der Waals surface area (Å²) in [5.41, 5.74) is 6.47. The molecule has 0 aromatic heterocycles. The average Bonchev–Trinajstić information content (AvgIpc) is 2.70. The zero-order chi connectivity index (χ0) is 20.1. The summed E-state index contributed by atoms with van der Waals surface area (Å²) in [7, 11) is 0. The van der Waals surface area contributed by atoms with Gasteiger partial charge in [-0.15, -0.1) is 0 Å². The molecule has 1 unspecified atom stereocenters. The lowest BCUT2D eigenvalue weighted by Crippen LogP contribution is -2.32. The molecule has 0 aliphatic rings. The third kappa shape index (κ3) is 4.61. The Morgan fingerprint density at radius 3 is 2.04 bits per heavy atom. The van der Waals surface area contributed by atoms with Crippen LogP contribution in [-0.4, -0.2) is 12.0 Å². The molecular weight excluding hydrogens is 346 g/mol. The van der Waals surface area contributed by atoms with Crippen molar-refractivity contribution in [3.8, 4) is 16.9 Å². The smallest absolute Gasteiger partial charge is 0.265 e. The standard InChI is InChI=1S/C25H27NO2/c1-5-23(25(27)26-24-18(3)15-17(2)16-19(24)4)28-22-13-11-21(12-14-22)20-9-7-6-8-10-20/h6-16,23H,5H2,1-4H3,(H,26,27). The molecule has 1 N–H and O–H groups in total. The van der Waals surface area contributed by atoms with Gasteiger partial charge in [0, 0.05) is 5.69 Å². The van der Waals surface area contributed by atoms with Crippen molar-refractivity contribution in [1.82, 2.24) is 0 Å². The Morgan fingerprint density at radius 2 is 1.46 bits per heavy atom. The first kappa shape index (κ1) is 19.7. The molecule has 0 saturated carbocycles. The maximum Gasteiger partial charge on any atom is 0.265 e. The first-order chi connectivity index (χ1) is 13.5. The first-order valence-electron chi connectivity index (χ1n) is 9.68. The Hall–Kier alpha value is -3.07. The summed E-state index contributed by atoms with van der Waals surface area (Å²) in [6, 6.07) is 22.2. The van der Waals surface area contributed by atoms with Gasteiger partial charge in [-0.05, 0) is 61.6 Å². The molecule has 3 aromatic carbocycles. The lowest BCUT2D eigenvalue weighted by Gasteiger charge is -2.19. The first-order valence-corrected chi connectivity index (χ1v) is 9.68. The van der Waals surface area contributed by atoms with E-state index < -0.39 is 6.10 Å². The number of nitrogens with one attached hydrogen (secondary N) is 1. The molecule has 3 heteroatoms. The van der Waals surface area contributed by atoms with Crippen LogP contribution in [0.3, 0.4) is 0 Å². The molecular formula is C25H27NO2. The van der Waals surface area contributed by atoms with Gasteiger partial charge in [-0.25, -0.2) is 0 Å². The highest BCUT2D eigenvalue weighted by atomic mass is 16.5. The molecule has 0 heterocycles. The van der Waals surface area contributed by atoms with Crippen LogP contribution >= 0.6 is 0 Å². The predicted octanol–water partition coefficient (Wildman–Crippen LogP) is 6.07. The minimum atomic E-state index is -0.539. The second-order valence-corrected chi connectivity index (χ2v) is 7.17. The summed E-state index contributed by atoms with van der Waals surface area (Å²) in [5, 5.41) is 3.05. The van der Waals surface area contributed by atoms with Crippen molar-refractivity contribution in [3.63, 3.8) is 0 Å². The zero-order valence-corrected chi connectivity index (χ0v) is 17.0. The van der Waals surface area contributed by atoms with Gasteiger partial charge in [0.2, 0.25) is 0 Å². The van der Waals surface area contributed by atoms with E-state index in [4.69, 9.17) is 4.74 Å². The second-order valence-electron chi connectivity index (χ2n) is 7.17. The summed E-state index contributed by atoms with van der Waals surface area (Å²) >= 11 is 0. The van der Waals surface area contributed by atoms with Crippen LogP contribution in [0, 0.1) is 20.8 Å². The summed E-state index contributed by atoms with van der Waals surface area (Å²) in [5.74, 6) is 0.573. The van der Waals surface area contributed by atoms with E-state index in [-0.39, 0.29) is 5.91 Å². The van der Waals surface area contributed by atoms with Crippen molar-refractivity contribution in [2.24, 2.45) is 0 Å². The van der Waals surface area contributed by atoms with Crippen molar-refractivity contribution < 1.29 is 9.53 Å². The fourth-order valence-corrected chi connectivity index (χ4v) is 3.42. The van der Waals surface area contributed by atoms with E-state index in [0.29, 0.717) is 12.2 Å². The van der Waals surface area contributed by atoms with Gasteiger partial charge in [-0.2, -0.15) is 0 Å². The number of amides is 1. The molecule has 0 saturated heterocycles. The fourth-order valence-electron chi connectivity index (χ4n) is 3.42. The maximum absolute atomic E-state index is 12.8. The van der Waals surface area contributed by atoms with Crippen LogP contribution in [0.1, 0.15) is 30.0 Å². The molecule has 3 nitrogen and oxygen atoms in total. The molecule has 0 aliphatic heterocycles. The Balaban J connectivity index is 1.71. The predicted molar refractivity (Wildman–Crippen MR) is 116 cm³/mol. The van der Waals surface area contributed by atoms with Crippen LogP contribution in [0.25, 0.3) is 11.1 Å². The average molecular weight is 373 g/mol. The number of hydrogen-bond acceptors (Lipinski definition) is 2. The van der Waals surface area contributed by atoms with Crippen molar-refractivity contribution >= 4 is 11.6 Å². The lowest BCUT2D eigenvalue weighted by atomic mass is 10.0. The Morgan fingerprint density at radius 1 is 0.893 bits per heavy atom. The summed E-state index contributed by atoms with van der Waals surface area (Å²) in [4.78, 5) is 12.8. The normalized spacial score (nSPS) is 11.7. The van der Waals surface area contributed by atoms with E-state index in [1.807, 2.05) is 63.2 Å². The number of benzene rings is 3. The van der Waals surface area contributed by atoms with Gasteiger partial charge in [0.05, 0.1) is 0 Å². The van der Waals surface area contributed by atoms with E-state index in [0.717, 1.165) is 27.9 Å². The molecule has 28 heavy (non-hydrogen) atoms. The molecule has 0 aliphatic carbocycles. The van der Waals surface area contributed by atoms with E-state index in [9.17, 15) is 4.79 Å². The van der Waals surface area contributed by atoms with E-state index in [1.165, 1.54) is 5.56 Å². The Bertz CT molecular complexity index is 923. The monoisotopic (exact) mass is 373 g/mol. The van der Waals surface area contributed by atoms with Crippen LogP contribution < -0.4 is 10.1 Å². The van der Waals surface area contributed by atoms with Gasteiger partial charge < -0.3 is 10.1 Å². The molecule has 0 spiro atoms. The van der Waals surface area contributed by atoms with Crippen molar-refractivity contribution in [2.45, 2.75) is 40.2 Å². The topological polar surface area (TPSA) is 38.3 Å². The molecule has 144 valence electrons. The summed E-state index contributed by atoms with van der Waals surface area (Å²) in [6.07, 6.45) is 0.0543. The highest BCUT2D eigenvalue weighted by Gasteiger charge is 2.20. The van der Waals surface area contributed by atoms with Crippen LogP contribution in [0.15, 0.2) is 66.7 Å². The van der Waals surface area contributed by atoms with Crippen LogP contribution in [0.2, 0.25) is 0 Å². The van der Waals surface area contributed by atoms with Crippen LogP contribution in [0.4, 0.5) is 5.69 Å². The largest absolute Gasteiger partial charge is 0.481 e. The summed E-state index contributed by atoms with van der Waals surface area (Å²) in [6.45, 7) is 8.04. The quantitative estimate of drug-likeness (QED) is 0.569. The van der Waals surface area contributed by atoms with Gasteiger partial charge in [-0.3, -0.25) is 4.79 Å². The minimum absolute atomic E-state index is 0.121. The van der Waals surface area contributed by atoms with Crippen molar-refractivity contribution in [3.05, 3.63) is 83.4 Å². The van der Waals surface area contributed by atoms with Crippen molar-refractivity contribution in [2.75, 3.05) is 5.32 Å². The maximum atomic E-state index is 12.8. The lowest BCUT2D eigenvalue weighted by molar-refractivity contribution is -0.122. The SMILES string of the molecule is CCC(Oc1ccc(-c2ccccc2)cc1)C(=O)Nc1c(C)cc(C)cc1C. The number of carbonyl (C=O) groups excluding carboxylic acids is 1. The van der Waals surface area contributed by atoms with Crippen LogP contribution in [0.5, 0.6) is 5.75 Å². The zero-order valence-electron chi connectivity index (χ0n) is 17.0. The fraction of sp³-hybridized carbons (Fsp3) is 0.240. The molecule has 1 atom stereocenters. The minimum Gasteiger partial charge on any atom is -0.481 e. The van der Waals surface area contributed by atoms with Gasteiger partial charge in [-0.1, -0.05) is 67.1 Å². The summed E-state index contributed by atoms with van der Waals surface area (Å²) < 4.78 is 5.98. The van der Waals surface area contributed by atoms with Crippen molar-refractivity contribution in [1.29, 1.82) is 0 Å². The van der Waals surface area contributed by atoms with E-state index >= 15 is 0 Å².